The fourth-order valence-electron chi connectivity index (χ4n) is 3.09. The van der Waals surface area contributed by atoms with Gasteiger partial charge in [0.25, 0.3) is 0 Å². The van der Waals surface area contributed by atoms with Crippen LogP contribution < -0.4 is 16.8 Å². The number of nitrogens with zero attached hydrogens (tertiary/aromatic N) is 1. The van der Waals surface area contributed by atoms with Crippen LogP contribution in [0.4, 0.5) is 0 Å². The zero-order chi connectivity index (χ0) is 14.7. The molecular weight excluding hydrogens is 260 g/mol. The molecule has 0 aromatic heterocycles. The molecule has 1 heterocycles. The summed E-state index contributed by atoms with van der Waals surface area (Å²) in [6.45, 7) is 1.55. The van der Waals surface area contributed by atoms with Crippen LogP contribution in [0.15, 0.2) is 65.7 Å². The summed E-state index contributed by atoms with van der Waals surface area (Å²) in [5.74, 6) is 0.289. The van der Waals surface area contributed by atoms with Gasteiger partial charge in [-0.25, -0.2) is 4.99 Å². The van der Waals surface area contributed by atoms with Crippen LogP contribution in [0.5, 0.6) is 0 Å². The summed E-state index contributed by atoms with van der Waals surface area (Å²) >= 11 is 0. The van der Waals surface area contributed by atoms with Gasteiger partial charge in [0.1, 0.15) is 5.54 Å². The number of guanidine groups is 1. The molecular formula is C17H20N4. The molecule has 0 bridgehead atoms. The number of hydrogen-bond acceptors (Lipinski definition) is 2. The molecule has 0 aliphatic carbocycles. The Morgan fingerprint density at radius 2 is 1.38 bits per heavy atom. The van der Waals surface area contributed by atoms with Gasteiger partial charge >= 0.3 is 0 Å². The summed E-state index contributed by atoms with van der Waals surface area (Å²) in [7, 11) is 0. The molecule has 0 radical (unpaired) electrons. The van der Waals surface area contributed by atoms with E-state index in [4.69, 9.17) is 11.5 Å². The standard InChI is InChI=1S/C17H20N4/c18-16(19)21-17(11-20-12-17)15(13-7-3-1-4-8-13)14-9-5-2-6-10-14/h1-10,15,20H,11-12H2,(H4,18,19,21). The maximum atomic E-state index is 5.68. The first-order valence-corrected chi connectivity index (χ1v) is 7.13. The maximum Gasteiger partial charge on any atom is 0.186 e. The van der Waals surface area contributed by atoms with Crippen molar-refractivity contribution in [3.63, 3.8) is 0 Å². The molecule has 1 fully saturated rings. The van der Waals surface area contributed by atoms with E-state index in [-0.39, 0.29) is 17.4 Å². The summed E-state index contributed by atoms with van der Waals surface area (Å²) in [5, 5.41) is 3.31. The number of hydrogen-bond donors (Lipinski definition) is 3. The van der Waals surface area contributed by atoms with E-state index in [0.717, 1.165) is 13.1 Å². The fraction of sp³-hybridized carbons (Fsp3) is 0.235. The smallest absolute Gasteiger partial charge is 0.186 e. The highest BCUT2D eigenvalue weighted by Crippen LogP contribution is 2.40. The van der Waals surface area contributed by atoms with Crippen LogP contribution in [0, 0.1) is 0 Å². The molecule has 1 aliphatic heterocycles. The highest BCUT2D eigenvalue weighted by Gasteiger charge is 2.45. The van der Waals surface area contributed by atoms with Crippen molar-refractivity contribution in [3.8, 4) is 0 Å². The van der Waals surface area contributed by atoms with Crippen molar-refractivity contribution < 1.29 is 0 Å². The third-order valence-electron chi connectivity index (χ3n) is 4.02. The van der Waals surface area contributed by atoms with E-state index in [1.807, 2.05) is 12.1 Å². The number of nitrogens with one attached hydrogen (secondary N) is 1. The minimum absolute atomic E-state index is 0.142. The van der Waals surface area contributed by atoms with Crippen molar-refractivity contribution in [2.45, 2.75) is 11.5 Å². The second-order valence-corrected chi connectivity index (χ2v) is 5.50. The average molecular weight is 280 g/mol. The largest absolute Gasteiger partial charge is 0.370 e. The van der Waals surface area contributed by atoms with Crippen LogP contribution in [0.25, 0.3) is 0 Å². The summed E-state index contributed by atoms with van der Waals surface area (Å²) < 4.78 is 0. The predicted molar refractivity (Wildman–Crippen MR) is 86.1 cm³/mol. The highest BCUT2D eigenvalue weighted by molar-refractivity contribution is 5.76. The molecule has 4 nitrogen and oxygen atoms in total. The molecule has 4 heteroatoms. The van der Waals surface area contributed by atoms with E-state index < -0.39 is 0 Å². The van der Waals surface area contributed by atoms with Crippen molar-refractivity contribution in [3.05, 3.63) is 71.8 Å². The van der Waals surface area contributed by atoms with E-state index in [9.17, 15) is 0 Å². The minimum atomic E-state index is -0.304. The minimum Gasteiger partial charge on any atom is -0.370 e. The van der Waals surface area contributed by atoms with Crippen LogP contribution in [-0.4, -0.2) is 24.6 Å². The number of nitrogens with two attached hydrogens (primary N) is 2. The first-order chi connectivity index (χ1) is 10.2. The summed E-state index contributed by atoms with van der Waals surface area (Å²) in [6, 6.07) is 20.8. The Bertz CT molecular complexity index is 574. The summed E-state index contributed by atoms with van der Waals surface area (Å²) in [4.78, 5) is 4.58. The number of benzene rings is 2. The molecule has 1 aliphatic rings. The molecule has 5 N–H and O–H groups in total. The van der Waals surface area contributed by atoms with Gasteiger partial charge in [-0.2, -0.15) is 0 Å². The Kier molecular flexibility index (Phi) is 3.62. The van der Waals surface area contributed by atoms with Gasteiger partial charge in [-0.3, -0.25) is 0 Å². The van der Waals surface area contributed by atoms with Crippen molar-refractivity contribution in [1.29, 1.82) is 0 Å². The zero-order valence-corrected chi connectivity index (χ0v) is 11.9. The second-order valence-electron chi connectivity index (χ2n) is 5.50. The van der Waals surface area contributed by atoms with Crippen LogP contribution in [0.2, 0.25) is 0 Å². The van der Waals surface area contributed by atoms with Crippen molar-refractivity contribution >= 4 is 5.96 Å². The summed E-state index contributed by atoms with van der Waals surface area (Å²) in [5.41, 5.74) is 13.5. The van der Waals surface area contributed by atoms with Crippen LogP contribution in [-0.2, 0) is 0 Å². The van der Waals surface area contributed by atoms with Gasteiger partial charge < -0.3 is 16.8 Å². The lowest BCUT2D eigenvalue weighted by atomic mass is 9.72. The third kappa shape index (κ3) is 2.62. The van der Waals surface area contributed by atoms with E-state index >= 15 is 0 Å². The quantitative estimate of drug-likeness (QED) is 0.586. The Balaban J connectivity index is 2.11. The van der Waals surface area contributed by atoms with Gasteiger partial charge in [0.05, 0.1) is 0 Å². The van der Waals surface area contributed by atoms with Gasteiger partial charge in [0.2, 0.25) is 0 Å². The van der Waals surface area contributed by atoms with Gasteiger partial charge in [0, 0.05) is 19.0 Å². The molecule has 0 amide bonds. The normalized spacial score (nSPS) is 16.2. The Hall–Kier alpha value is -2.33. The van der Waals surface area contributed by atoms with Crippen molar-refractivity contribution in [2.24, 2.45) is 16.5 Å². The molecule has 3 rings (SSSR count). The monoisotopic (exact) mass is 280 g/mol. The molecule has 0 saturated carbocycles. The maximum absolute atomic E-state index is 5.68. The molecule has 0 atom stereocenters. The lowest BCUT2D eigenvalue weighted by Gasteiger charge is -2.45. The first-order valence-electron chi connectivity index (χ1n) is 7.13. The first kappa shape index (κ1) is 13.6. The van der Waals surface area contributed by atoms with E-state index in [1.165, 1.54) is 11.1 Å². The fourth-order valence-corrected chi connectivity index (χ4v) is 3.09. The number of rotatable bonds is 4. The third-order valence-corrected chi connectivity index (χ3v) is 4.02. The van der Waals surface area contributed by atoms with E-state index in [1.54, 1.807) is 0 Å². The Morgan fingerprint density at radius 3 is 1.71 bits per heavy atom. The van der Waals surface area contributed by atoms with E-state index in [0.29, 0.717) is 0 Å². The lowest BCUT2D eigenvalue weighted by molar-refractivity contribution is 0.253. The molecule has 2 aromatic rings. The molecule has 108 valence electrons. The topological polar surface area (TPSA) is 76.4 Å². The van der Waals surface area contributed by atoms with Crippen LogP contribution in [0.1, 0.15) is 17.0 Å². The molecule has 21 heavy (non-hydrogen) atoms. The second kappa shape index (κ2) is 5.58. The zero-order valence-electron chi connectivity index (χ0n) is 11.9. The summed E-state index contributed by atoms with van der Waals surface area (Å²) in [6.07, 6.45) is 0. The van der Waals surface area contributed by atoms with Gasteiger partial charge in [-0.15, -0.1) is 0 Å². The van der Waals surface area contributed by atoms with Gasteiger partial charge in [0.15, 0.2) is 5.96 Å². The van der Waals surface area contributed by atoms with Gasteiger partial charge in [-0.1, -0.05) is 60.7 Å². The molecule has 2 aromatic carbocycles. The van der Waals surface area contributed by atoms with E-state index in [2.05, 4.69) is 58.8 Å². The average Bonchev–Trinajstić information content (AvgIpc) is 2.47. The number of aliphatic imine (C=N–C) groups is 1. The Morgan fingerprint density at radius 1 is 0.905 bits per heavy atom. The molecule has 0 unspecified atom stereocenters. The predicted octanol–water partition coefficient (Wildman–Crippen LogP) is 1.43. The Labute approximate surface area is 124 Å². The van der Waals surface area contributed by atoms with Crippen molar-refractivity contribution in [2.75, 3.05) is 13.1 Å². The molecule has 1 saturated heterocycles. The van der Waals surface area contributed by atoms with Crippen LogP contribution >= 0.6 is 0 Å². The SMILES string of the molecule is NC(N)=NC1(C(c2ccccc2)c2ccccc2)CNC1. The highest BCUT2D eigenvalue weighted by atomic mass is 15.2. The van der Waals surface area contributed by atoms with Crippen LogP contribution in [0.3, 0.4) is 0 Å². The lowest BCUT2D eigenvalue weighted by Crippen LogP contribution is -2.62. The van der Waals surface area contributed by atoms with Crippen molar-refractivity contribution in [1.82, 2.24) is 5.32 Å². The molecule has 0 spiro atoms. The van der Waals surface area contributed by atoms with Gasteiger partial charge in [-0.05, 0) is 11.1 Å².